The van der Waals surface area contributed by atoms with Crippen LogP contribution in [0.3, 0.4) is 0 Å². The van der Waals surface area contributed by atoms with E-state index in [1.54, 1.807) is 0 Å². The molecule has 2 nitrogen and oxygen atoms in total. The summed E-state index contributed by atoms with van der Waals surface area (Å²) < 4.78 is 0. The number of nitrogens with zero attached hydrogens (tertiary/aromatic N) is 2. The number of anilines is 3. The van der Waals surface area contributed by atoms with Gasteiger partial charge < -0.3 is 4.90 Å². The Labute approximate surface area is 207 Å². The summed E-state index contributed by atoms with van der Waals surface area (Å²) >= 11 is 0. The first-order valence-corrected chi connectivity index (χ1v) is 15.5. The summed E-state index contributed by atoms with van der Waals surface area (Å²) in [5.74, 6) is 0. The third-order valence-corrected chi connectivity index (χ3v) is 9.06. The smallest absolute Gasteiger partial charge is 0.0991 e. The molecular weight excluding hydrogens is 440 g/mol. The van der Waals surface area contributed by atoms with Crippen LogP contribution in [0.4, 0.5) is 17.1 Å². The molecule has 0 amide bonds. The van der Waals surface area contributed by atoms with Gasteiger partial charge in [0.15, 0.2) is 0 Å². The van der Waals surface area contributed by atoms with E-state index >= 15 is 0 Å². The van der Waals surface area contributed by atoms with E-state index in [0.717, 1.165) is 17.1 Å². The van der Waals surface area contributed by atoms with Crippen LogP contribution in [0.5, 0.6) is 0 Å². The van der Waals surface area contributed by atoms with Crippen LogP contribution < -0.4 is 10.1 Å². The molecule has 35 heavy (non-hydrogen) atoms. The van der Waals surface area contributed by atoms with Gasteiger partial charge in [0.25, 0.3) is 0 Å². The van der Waals surface area contributed by atoms with Crippen molar-refractivity contribution < 1.29 is 0 Å². The highest BCUT2D eigenvalue weighted by atomic mass is 28.3. The van der Waals surface area contributed by atoms with E-state index in [-0.39, 0.29) is 0 Å². The van der Waals surface area contributed by atoms with Crippen molar-refractivity contribution >= 4 is 62.6 Å². The Kier molecular flexibility index (Phi) is 4.88. The molecule has 3 heteroatoms. The molecule has 168 valence electrons. The normalized spacial score (nSPS) is 11.8. The number of benzene rings is 6. The first kappa shape index (κ1) is 21.4. The average Bonchev–Trinajstić information content (AvgIpc) is 2.88. The number of rotatable bonds is 4. The molecule has 0 fully saturated rings. The maximum atomic E-state index is 9.35. The third-order valence-electron chi connectivity index (χ3n) is 6.99. The molecule has 0 spiro atoms. The van der Waals surface area contributed by atoms with E-state index in [1.807, 2.05) is 24.3 Å². The highest BCUT2D eigenvalue weighted by molar-refractivity contribution is 6.88. The Morgan fingerprint density at radius 2 is 1.14 bits per heavy atom. The fourth-order valence-electron chi connectivity index (χ4n) is 5.14. The summed E-state index contributed by atoms with van der Waals surface area (Å²) in [5.41, 5.74) is 3.96. The predicted octanol–water partition coefficient (Wildman–Crippen LogP) is 8.47. The molecule has 0 aliphatic heterocycles. The molecule has 0 radical (unpaired) electrons. The van der Waals surface area contributed by atoms with Crippen molar-refractivity contribution in [2.75, 3.05) is 4.90 Å². The molecule has 0 aliphatic rings. The Balaban J connectivity index is 1.63. The minimum absolute atomic E-state index is 0.665. The summed E-state index contributed by atoms with van der Waals surface area (Å²) in [6.45, 7) is 7.13. The van der Waals surface area contributed by atoms with Crippen molar-refractivity contribution in [3.8, 4) is 6.07 Å². The summed E-state index contributed by atoms with van der Waals surface area (Å²) in [6, 6.07) is 39.1. The van der Waals surface area contributed by atoms with E-state index in [1.165, 1.54) is 37.5 Å². The zero-order valence-electron chi connectivity index (χ0n) is 20.2. The van der Waals surface area contributed by atoms with Gasteiger partial charge in [0, 0.05) is 16.8 Å². The van der Waals surface area contributed by atoms with Crippen LogP contribution in [0.2, 0.25) is 19.6 Å². The maximum Gasteiger partial charge on any atom is 0.0991 e. The van der Waals surface area contributed by atoms with Gasteiger partial charge in [0.1, 0.15) is 0 Å². The monoisotopic (exact) mass is 466 g/mol. The van der Waals surface area contributed by atoms with E-state index in [2.05, 4.69) is 109 Å². The van der Waals surface area contributed by atoms with Gasteiger partial charge in [-0.05, 0) is 69.4 Å². The van der Waals surface area contributed by atoms with Crippen LogP contribution in [0.1, 0.15) is 5.56 Å². The van der Waals surface area contributed by atoms with Crippen molar-refractivity contribution in [2.24, 2.45) is 0 Å². The number of hydrogen-bond acceptors (Lipinski definition) is 2. The van der Waals surface area contributed by atoms with Gasteiger partial charge in [-0.3, -0.25) is 0 Å². The minimum atomic E-state index is -1.40. The van der Waals surface area contributed by atoms with E-state index in [4.69, 9.17) is 0 Å². The van der Waals surface area contributed by atoms with E-state index in [9.17, 15) is 5.26 Å². The maximum absolute atomic E-state index is 9.35. The summed E-state index contributed by atoms with van der Waals surface area (Å²) in [5, 5.41) is 18.4. The summed E-state index contributed by atoms with van der Waals surface area (Å²) in [7, 11) is -1.40. The van der Waals surface area contributed by atoms with Gasteiger partial charge in [-0.15, -0.1) is 0 Å². The first-order chi connectivity index (χ1) is 16.9. The molecule has 0 unspecified atom stereocenters. The lowest BCUT2D eigenvalue weighted by Gasteiger charge is -2.28. The van der Waals surface area contributed by atoms with Gasteiger partial charge in [-0.2, -0.15) is 5.26 Å². The van der Waals surface area contributed by atoms with Crippen LogP contribution in [-0.4, -0.2) is 8.07 Å². The SMILES string of the molecule is C[Si](C)(C)c1ccc(N(c2ccc(C#N)cc2)c2ccc3ccc4cccc5ccc2c3c45)cc1. The second kappa shape index (κ2) is 7.97. The summed E-state index contributed by atoms with van der Waals surface area (Å²) in [6.07, 6.45) is 0. The molecule has 0 atom stereocenters. The van der Waals surface area contributed by atoms with Crippen molar-refractivity contribution in [2.45, 2.75) is 19.6 Å². The Hall–Kier alpha value is -4.13. The van der Waals surface area contributed by atoms with Gasteiger partial charge in [0.05, 0.1) is 25.4 Å². The molecule has 0 aromatic heterocycles. The topological polar surface area (TPSA) is 27.0 Å². The zero-order valence-corrected chi connectivity index (χ0v) is 21.2. The van der Waals surface area contributed by atoms with Crippen LogP contribution in [0, 0.1) is 11.3 Å². The van der Waals surface area contributed by atoms with E-state index < -0.39 is 8.07 Å². The fourth-order valence-corrected chi connectivity index (χ4v) is 6.30. The Morgan fingerprint density at radius 1 is 0.600 bits per heavy atom. The lowest BCUT2D eigenvalue weighted by Crippen LogP contribution is -2.37. The third kappa shape index (κ3) is 3.55. The summed E-state index contributed by atoms with van der Waals surface area (Å²) in [4.78, 5) is 2.32. The lowest BCUT2D eigenvalue weighted by molar-refractivity contribution is 1.30. The molecule has 0 heterocycles. The van der Waals surface area contributed by atoms with Crippen LogP contribution in [0.25, 0.3) is 32.3 Å². The van der Waals surface area contributed by atoms with Gasteiger partial charge in [-0.1, -0.05) is 85.5 Å². The predicted molar refractivity (Wildman–Crippen MR) is 153 cm³/mol. The fraction of sp³-hybridized carbons (Fsp3) is 0.0938. The second-order valence-corrected chi connectivity index (χ2v) is 15.3. The standard InChI is InChI=1S/C32H26N2Si/c1-35(2,3)28-17-15-27(16-18-28)34(26-13-7-22(21-33)8-14-26)30-20-12-25-10-9-23-5-4-6-24-11-19-29(30)32(25)31(23)24/h4-20H,1-3H3. The molecule has 0 saturated carbocycles. The van der Waals surface area contributed by atoms with Crippen LogP contribution >= 0.6 is 0 Å². The van der Waals surface area contributed by atoms with Crippen LogP contribution in [-0.2, 0) is 0 Å². The molecule has 0 N–H and O–H groups in total. The second-order valence-electron chi connectivity index (χ2n) is 10.2. The van der Waals surface area contributed by atoms with Crippen LogP contribution in [0.15, 0.2) is 103 Å². The molecule has 6 rings (SSSR count). The molecule has 6 aromatic rings. The molecule has 0 bridgehead atoms. The number of hydrogen-bond donors (Lipinski definition) is 0. The Bertz CT molecular complexity index is 1700. The van der Waals surface area contributed by atoms with Crippen molar-refractivity contribution in [1.29, 1.82) is 5.26 Å². The first-order valence-electron chi connectivity index (χ1n) is 12.0. The van der Waals surface area contributed by atoms with Gasteiger partial charge in [-0.25, -0.2) is 0 Å². The highest BCUT2D eigenvalue weighted by Crippen LogP contribution is 2.43. The van der Waals surface area contributed by atoms with Crippen molar-refractivity contribution in [3.05, 3.63) is 109 Å². The Morgan fingerprint density at radius 3 is 1.74 bits per heavy atom. The highest BCUT2D eigenvalue weighted by Gasteiger charge is 2.20. The largest absolute Gasteiger partial charge is 0.310 e. The van der Waals surface area contributed by atoms with Gasteiger partial charge in [0.2, 0.25) is 0 Å². The minimum Gasteiger partial charge on any atom is -0.310 e. The van der Waals surface area contributed by atoms with Crippen molar-refractivity contribution in [1.82, 2.24) is 0 Å². The van der Waals surface area contributed by atoms with E-state index in [0.29, 0.717) is 5.56 Å². The van der Waals surface area contributed by atoms with Gasteiger partial charge >= 0.3 is 0 Å². The molecular formula is C32H26N2Si. The molecule has 0 aliphatic carbocycles. The molecule has 6 aromatic carbocycles. The lowest BCUT2D eigenvalue weighted by atomic mass is 9.93. The quantitative estimate of drug-likeness (QED) is 0.192. The van der Waals surface area contributed by atoms with Crippen molar-refractivity contribution in [3.63, 3.8) is 0 Å². The average molecular weight is 467 g/mol. The molecule has 0 saturated heterocycles. The zero-order chi connectivity index (χ0) is 24.2. The number of nitriles is 1.